The highest BCUT2D eigenvalue weighted by molar-refractivity contribution is 5.44. The van der Waals surface area contributed by atoms with Gasteiger partial charge in [0.2, 0.25) is 0 Å². The molecule has 1 unspecified atom stereocenters. The maximum Gasteiger partial charge on any atom is 0.138 e. The van der Waals surface area contributed by atoms with Crippen LogP contribution in [-0.2, 0) is 5.54 Å². The molecule has 19 heavy (non-hydrogen) atoms. The number of rotatable bonds is 1. The number of likely N-dealkylation sites (tertiary alicyclic amines) is 1. The molecule has 2 aliphatic rings. The van der Waals surface area contributed by atoms with Crippen molar-refractivity contribution in [1.82, 2.24) is 4.90 Å². The Balaban J connectivity index is 2.06. The van der Waals surface area contributed by atoms with E-state index in [0.29, 0.717) is 6.61 Å². The minimum Gasteiger partial charge on any atom is -0.493 e. The predicted octanol–water partition coefficient (Wildman–Crippen LogP) is 3.06. The standard InChI is InChI=1S/C16H20N2O/c17-13-16(18-10-4-1-5-11-18)9-6-12-19-15-8-3-2-7-14(15)16/h2-3,7-8H,1,4-6,9-12H2. The Bertz CT molecular complexity index is 488. The summed E-state index contributed by atoms with van der Waals surface area (Å²) >= 11 is 0. The average Bonchev–Trinajstić information content (AvgIpc) is 2.68. The van der Waals surface area contributed by atoms with Gasteiger partial charge in [-0.05, 0) is 44.8 Å². The van der Waals surface area contributed by atoms with Gasteiger partial charge in [0.15, 0.2) is 0 Å². The van der Waals surface area contributed by atoms with Crippen LogP contribution in [0.3, 0.4) is 0 Å². The molecule has 100 valence electrons. The smallest absolute Gasteiger partial charge is 0.138 e. The van der Waals surface area contributed by atoms with E-state index in [1.807, 2.05) is 18.2 Å². The summed E-state index contributed by atoms with van der Waals surface area (Å²) in [5.74, 6) is 0.895. The van der Waals surface area contributed by atoms with Crippen molar-refractivity contribution < 1.29 is 4.74 Å². The Kier molecular flexibility index (Phi) is 3.44. The van der Waals surface area contributed by atoms with Crippen molar-refractivity contribution >= 4 is 0 Å². The molecule has 1 aromatic rings. The van der Waals surface area contributed by atoms with Gasteiger partial charge in [-0.25, -0.2) is 0 Å². The Morgan fingerprint density at radius 2 is 1.89 bits per heavy atom. The molecule has 0 radical (unpaired) electrons. The van der Waals surface area contributed by atoms with Crippen LogP contribution < -0.4 is 4.74 Å². The molecule has 0 spiro atoms. The summed E-state index contributed by atoms with van der Waals surface area (Å²) in [7, 11) is 0. The molecular formula is C16H20N2O. The van der Waals surface area contributed by atoms with Gasteiger partial charge in [0.05, 0.1) is 12.7 Å². The van der Waals surface area contributed by atoms with Gasteiger partial charge in [-0.1, -0.05) is 24.6 Å². The number of nitriles is 1. The fraction of sp³-hybridized carbons (Fsp3) is 0.562. The van der Waals surface area contributed by atoms with Gasteiger partial charge in [0.25, 0.3) is 0 Å². The lowest BCUT2D eigenvalue weighted by atomic mass is 9.83. The van der Waals surface area contributed by atoms with E-state index >= 15 is 0 Å². The number of hydrogen-bond donors (Lipinski definition) is 0. The maximum absolute atomic E-state index is 9.92. The van der Waals surface area contributed by atoms with Gasteiger partial charge in [0, 0.05) is 5.56 Å². The molecule has 0 aliphatic carbocycles. The molecule has 3 rings (SSSR count). The average molecular weight is 256 g/mol. The van der Waals surface area contributed by atoms with Crippen molar-refractivity contribution in [2.24, 2.45) is 0 Å². The van der Waals surface area contributed by atoms with Crippen LogP contribution >= 0.6 is 0 Å². The second kappa shape index (κ2) is 5.22. The second-order valence-electron chi connectivity index (χ2n) is 5.47. The SMILES string of the molecule is N#CC1(N2CCCCC2)CCCOc2ccccc21. The zero-order valence-electron chi connectivity index (χ0n) is 11.3. The lowest BCUT2D eigenvalue weighted by Gasteiger charge is -2.41. The van der Waals surface area contributed by atoms with Crippen molar-refractivity contribution in [3.05, 3.63) is 29.8 Å². The second-order valence-corrected chi connectivity index (χ2v) is 5.47. The third-order valence-corrected chi connectivity index (χ3v) is 4.35. The zero-order valence-corrected chi connectivity index (χ0v) is 11.3. The van der Waals surface area contributed by atoms with Crippen LogP contribution in [0, 0.1) is 11.3 Å². The van der Waals surface area contributed by atoms with Crippen molar-refractivity contribution in [3.8, 4) is 11.8 Å². The number of fused-ring (bicyclic) bond motifs is 1. The highest BCUT2D eigenvalue weighted by Crippen LogP contribution is 2.41. The summed E-state index contributed by atoms with van der Waals surface area (Å²) < 4.78 is 5.82. The fourth-order valence-electron chi connectivity index (χ4n) is 3.37. The first kappa shape index (κ1) is 12.5. The minimum atomic E-state index is -0.479. The molecule has 1 saturated heterocycles. The van der Waals surface area contributed by atoms with Crippen LogP contribution in [0.15, 0.2) is 24.3 Å². The Morgan fingerprint density at radius 3 is 2.68 bits per heavy atom. The molecule has 3 nitrogen and oxygen atoms in total. The van der Waals surface area contributed by atoms with Crippen LogP contribution in [0.5, 0.6) is 5.75 Å². The molecule has 0 amide bonds. The third-order valence-electron chi connectivity index (χ3n) is 4.35. The van der Waals surface area contributed by atoms with Crippen molar-refractivity contribution in [1.29, 1.82) is 5.26 Å². The Hall–Kier alpha value is -1.53. The molecular weight excluding hydrogens is 236 g/mol. The highest BCUT2D eigenvalue weighted by atomic mass is 16.5. The lowest BCUT2D eigenvalue weighted by molar-refractivity contribution is 0.101. The molecule has 2 aliphatic heterocycles. The van der Waals surface area contributed by atoms with Gasteiger partial charge in [-0.3, -0.25) is 4.90 Å². The van der Waals surface area contributed by atoms with Crippen molar-refractivity contribution in [3.63, 3.8) is 0 Å². The molecule has 0 aromatic heterocycles. The molecule has 1 aromatic carbocycles. The quantitative estimate of drug-likeness (QED) is 0.774. The lowest BCUT2D eigenvalue weighted by Crippen LogP contribution is -2.47. The first-order valence-electron chi connectivity index (χ1n) is 7.25. The summed E-state index contributed by atoms with van der Waals surface area (Å²) in [5.41, 5.74) is 0.588. The number of benzene rings is 1. The molecule has 1 atom stereocenters. The first-order chi connectivity index (χ1) is 9.37. The monoisotopic (exact) mass is 256 g/mol. The number of ether oxygens (including phenoxy) is 1. The van der Waals surface area contributed by atoms with Crippen molar-refractivity contribution in [2.75, 3.05) is 19.7 Å². The number of nitrogens with zero attached hydrogens (tertiary/aromatic N) is 2. The van der Waals surface area contributed by atoms with Crippen LogP contribution in [0.2, 0.25) is 0 Å². The number of para-hydroxylation sites is 1. The van der Waals surface area contributed by atoms with Crippen LogP contribution in [0.4, 0.5) is 0 Å². The van der Waals surface area contributed by atoms with Gasteiger partial charge in [0.1, 0.15) is 11.3 Å². The summed E-state index contributed by atoms with van der Waals surface area (Å²) in [6.07, 6.45) is 5.51. The molecule has 0 saturated carbocycles. The van der Waals surface area contributed by atoms with Gasteiger partial charge in [-0.15, -0.1) is 0 Å². The maximum atomic E-state index is 9.92. The van der Waals surface area contributed by atoms with Crippen LogP contribution in [0.1, 0.15) is 37.7 Å². The van der Waals surface area contributed by atoms with E-state index in [0.717, 1.165) is 37.2 Å². The summed E-state index contributed by atoms with van der Waals surface area (Å²) in [5, 5.41) is 9.92. The molecule has 0 bridgehead atoms. The zero-order chi connectivity index (χ0) is 13.1. The molecule has 2 heterocycles. The number of hydrogen-bond acceptors (Lipinski definition) is 3. The largest absolute Gasteiger partial charge is 0.493 e. The predicted molar refractivity (Wildman–Crippen MR) is 73.9 cm³/mol. The van der Waals surface area contributed by atoms with E-state index in [2.05, 4.69) is 17.0 Å². The summed E-state index contributed by atoms with van der Waals surface area (Å²) in [6.45, 7) is 2.78. The van der Waals surface area contributed by atoms with Crippen molar-refractivity contribution in [2.45, 2.75) is 37.6 Å². The molecule has 1 fully saturated rings. The normalized spacial score (nSPS) is 27.7. The summed E-state index contributed by atoms with van der Waals surface area (Å²) in [4.78, 5) is 2.38. The van der Waals surface area contributed by atoms with E-state index in [4.69, 9.17) is 4.74 Å². The Morgan fingerprint density at radius 1 is 1.11 bits per heavy atom. The number of piperidine rings is 1. The van der Waals surface area contributed by atoms with E-state index < -0.39 is 5.54 Å². The van der Waals surface area contributed by atoms with Gasteiger partial charge < -0.3 is 4.74 Å². The van der Waals surface area contributed by atoms with Gasteiger partial charge in [-0.2, -0.15) is 5.26 Å². The van der Waals surface area contributed by atoms with E-state index in [9.17, 15) is 5.26 Å². The molecule has 0 N–H and O–H groups in total. The van der Waals surface area contributed by atoms with E-state index in [1.54, 1.807) is 0 Å². The van der Waals surface area contributed by atoms with Crippen LogP contribution in [0.25, 0.3) is 0 Å². The van der Waals surface area contributed by atoms with E-state index in [1.165, 1.54) is 19.3 Å². The molecule has 3 heteroatoms. The minimum absolute atomic E-state index is 0.479. The van der Waals surface area contributed by atoms with Crippen LogP contribution in [-0.4, -0.2) is 24.6 Å². The summed E-state index contributed by atoms with van der Waals surface area (Å²) in [6, 6.07) is 10.7. The highest BCUT2D eigenvalue weighted by Gasteiger charge is 2.42. The third kappa shape index (κ3) is 2.11. The van der Waals surface area contributed by atoms with Gasteiger partial charge >= 0.3 is 0 Å². The van der Waals surface area contributed by atoms with E-state index in [-0.39, 0.29) is 0 Å². The Labute approximate surface area is 114 Å². The first-order valence-corrected chi connectivity index (χ1v) is 7.25. The topological polar surface area (TPSA) is 36.3 Å². The fourth-order valence-corrected chi connectivity index (χ4v) is 3.37.